The van der Waals surface area contributed by atoms with Gasteiger partial charge in [0.2, 0.25) is 0 Å². The molecule has 76 valence electrons. The monoisotopic (exact) mass is 208 g/mol. The second-order valence-corrected chi connectivity index (χ2v) is 5.31. The number of rotatable bonds is 4. The fraction of sp³-hybridized carbons (Fsp3) is 0.417. The summed E-state index contributed by atoms with van der Waals surface area (Å²) in [6, 6.07) is 8.23. The Morgan fingerprint density at radius 3 is 2.14 bits per heavy atom. The summed E-state index contributed by atoms with van der Waals surface area (Å²) >= 11 is 1.84. The van der Waals surface area contributed by atoms with Gasteiger partial charge in [0.25, 0.3) is 0 Å². The van der Waals surface area contributed by atoms with Gasteiger partial charge in [0.1, 0.15) is 6.29 Å². The highest BCUT2D eigenvalue weighted by atomic mass is 32.2. The number of carbonyl (C=O) groups excluding carboxylic acids is 1. The molecule has 0 amide bonds. The van der Waals surface area contributed by atoms with Crippen molar-refractivity contribution in [3.63, 3.8) is 0 Å². The SMILES string of the molecule is CC(C)Sc1ccc(C(C)C=O)cc1. The van der Waals surface area contributed by atoms with Crippen molar-refractivity contribution < 1.29 is 4.79 Å². The molecule has 0 aliphatic rings. The van der Waals surface area contributed by atoms with Crippen LogP contribution in [0.5, 0.6) is 0 Å². The van der Waals surface area contributed by atoms with Crippen LogP contribution in [-0.4, -0.2) is 11.5 Å². The topological polar surface area (TPSA) is 17.1 Å². The van der Waals surface area contributed by atoms with E-state index >= 15 is 0 Å². The zero-order valence-electron chi connectivity index (χ0n) is 8.86. The van der Waals surface area contributed by atoms with Crippen LogP contribution in [0.1, 0.15) is 32.3 Å². The molecular formula is C12H16OS. The molecule has 0 saturated carbocycles. The summed E-state index contributed by atoms with van der Waals surface area (Å²) in [6.07, 6.45) is 0.977. The number of thioether (sulfide) groups is 1. The Hall–Kier alpha value is -0.760. The smallest absolute Gasteiger partial charge is 0.127 e. The van der Waals surface area contributed by atoms with E-state index in [-0.39, 0.29) is 5.92 Å². The first-order valence-corrected chi connectivity index (χ1v) is 5.73. The molecule has 1 aromatic rings. The molecule has 1 unspecified atom stereocenters. The molecule has 1 aromatic carbocycles. The van der Waals surface area contributed by atoms with Crippen molar-refractivity contribution in [2.45, 2.75) is 36.8 Å². The molecule has 0 heterocycles. The number of aldehydes is 1. The fourth-order valence-electron chi connectivity index (χ4n) is 1.20. The molecule has 1 nitrogen and oxygen atoms in total. The van der Waals surface area contributed by atoms with Crippen molar-refractivity contribution in [3.05, 3.63) is 29.8 Å². The molecule has 0 aliphatic carbocycles. The van der Waals surface area contributed by atoms with Crippen molar-refractivity contribution in [1.29, 1.82) is 0 Å². The molecule has 0 bridgehead atoms. The highest BCUT2D eigenvalue weighted by Crippen LogP contribution is 2.24. The average molecular weight is 208 g/mol. The van der Waals surface area contributed by atoms with Crippen molar-refractivity contribution >= 4 is 18.0 Å². The zero-order chi connectivity index (χ0) is 10.6. The summed E-state index contributed by atoms with van der Waals surface area (Å²) in [5.74, 6) is 0.00750. The van der Waals surface area contributed by atoms with Crippen LogP contribution in [0, 0.1) is 0 Å². The molecule has 0 N–H and O–H groups in total. The van der Waals surface area contributed by atoms with Crippen LogP contribution in [0.25, 0.3) is 0 Å². The summed E-state index contributed by atoms with van der Waals surface area (Å²) in [5.41, 5.74) is 1.09. The molecule has 0 spiro atoms. The maximum atomic E-state index is 10.6. The zero-order valence-corrected chi connectivity index (χ0v) is 9.67. The van der Waals surface area contributed by atoms with Crippen LogP contribution < -0.4 is 0 Å². The van der Waals surface area contributed by atoms with Gasteiger partial charge in [0.15, 0.2) is 0 Å². The quantitative estimate of drug-likeness (QED) is 0.556. The Kier molecular flexibility index (Phi) is 4.21. The molecule has 2 heteroatoms. The Bertz CT molecular complexity index is 290. The van der Waals surface area contributed by atoms with E-state index in [2.05, 4.69) is 26.0 Å². The van der Waals surface area contributed by atoms with E-state index in [9.17, 15) is 4.79 Å². The second-order valence-electron chi connectivity index (χ2n) is 3.66. The standard InChI is InChI=1S/C12H16OS/c1-9(2)14-12-6-4-11(5-7-12)10(3)8-13/h4-10H,1-3H3. The van der Waals surface area contributed by atoms with Gasteiger partial charge >= 0.3 is 0 Å². The minimum absolute atomic E-state index is 0.00750. The first-order chi connectivity index (χ1) is 6.63. The number of benzene rings is 1. The minimum atomic E-state index is 0.00750. The summed E-state index contributed by atoms with van der Waals surface area (Å²) in [5, 5.41) is 0.601. The molecule has 1 atom stereocenters. The van der Waals surface area contributed by atoms with Crippen LogP contribution in [-0.2, 0) is 4.79 Å². The number of hydrogen-bond acceptors (Lipinski definition) is 2. The lowest BCUT2D eigenvalue weighted by atomic mass is 10.0. The first-order valence-electron chi connectivity index (χ1n) is 4.85. The van der Waals surface area contributed by atoms with Gasteiger partial charge in [-0.05, 0) is 17.7 Å². The van der Waals surface area contributed by atoms with Crippen molar-refractivity contribution in [3.8, 4) is 0 Å². The van der Waals surface area contributed by atoms with Crippen molar-refractivity contribution in [2.24, 2.45) is 0 Å². The number of hydrogen-bond donors (Lipinski definition) is 0. The van der Waals surface area contributed by atoms with E-state index in [1.54, 1.807) is 0 Å². The lowest BCUT2D eigenvalue weighted by Crippen LogP contribution is -1.94. The second kappa shape index (κ2) is 5.20. The van der Waals surface area contributed by atoms with Crippen LogP contribution in [0.4, 0.5) is 0 Å². The minimum Gasteiger partial charge on any atom is -0.303 e. The molecule has 0 saturated heterocycles. The van der Waals surface area contributed by atoms with E-state index in [1.807, 2.05) is 30.8 Å². The molecule has 14 heavy (non-hydrogen) atoms. The normalized spacial score (nSPS) is 12.9. The number of carbonyl (C=O) groups is 1. The van der Waals surface area contributed by atoms with E-state index in [0.29, 0.717) is 5.25 Å². The van der Waals surface area contributed by atoms with Gasteiger partial charge in [-0.15, -0.1) is 11.8 Å². The first kappa shape index (κ1) is 11.3. The van der Waals surface area contributed by atoms with Crippen LogP contribution in [0.3, 0.4) is 0 Å². The van der Waals surface area contributed by atoms with Gasteiger partial charge in [0, 0.05) is 16.1 Å². The van der Waals surface area contributed by atoms with Gasteiger partial charge in [-0.3, -0.25) is 0 Å². The predicted octanol–water partition coefficient (Wildman–Crippen LogP) is 3.49. The summed E-state index contributed by atoms with van der Waals surface area (Å²) in [7, 11) is 0. The van der Waals surface area contributed by atoms with E-state index < -0.39 is 0 Å². The summed E-state index contributed by atoms with van der Waals surface area (Å²) < 4.78 is 0. The molecule has 0 aromatic heterocycles. The van der Waals surface area contributed by atoms with Crippen molar-refractivity contribution in [2.75, 3.05) is 0 Å². The van der Waals surface area contributed by atoms with Gasteiger partial charge in [0.05, 0.1) is 0 Å². The van der Waals surface area contributed by atoms with Crippen LogP contribution in [0.15, 0.2) is 29.2 Å². The van der Waals surface area contributed by atoms with Crippen LogP contribution in [0.2, 0.25) is 0 Å². The average Bonchev–Trinajstić information content (AvgIpc) is 2.17. The Morgan fingerprint density at radius 2 is 1.71 bits per heavy atom. The summed E-state index contributed by atoms with van der Waals surface area (Å²) in [4.78, 5) is 11.8. The third-order valence-electron chi connectivity index (χ3n) is 1.98. The maximum Gasteiger partial charge on any atom is 0.127 e. The third-order valence-corrected chi connectivity index (χ3v) is 3.00. The molecule has 0 aliphatic heterocycles. The lowest BCUT2D eigenvalue weighted by molar-refractivity contribution is -0.108. The maximum absolute atomic E-state index is 10.6. The Balaban J connectivity index is 2.73. The molecular weight excluding hydrogens is 192 g/mol. The van der Waals surface area contributed by atoms with Crippen molar-refractivity contribution in [1.82, 2.24) is 0 Å². The van der Waals surface area contributed by atoms with E-state index in [0.717, 1.165) is 11.8 Å². The van der Waals surface area contributed by atoms with Crippen LogP contribution >= 0.6 is 11.8 Å². The Morgan fingerprint density at radius 1 is 1.14 bits per heavy atom. The fourth-order valence-corrected chi connectivity index (χ4v) is 2.04. The van der Waals surface area contributed by atoms with E-state index in [4.69, 9.17) is 0 Å². The largest absolute Gasteiger partial charge is 0.303 e. The molecule has 0 radical (unpaired) electrons. The molecule has 1 rings (SSSR count). The van der Waals surface area contributed by atoms with Gasteiger partial charge in [-0.2, -0.15) is 0 Å². The predicted molar refractivity (Wildman–Crippen MR) is 61.9 cm³/mol. The lowest BCUT2D eigenvalue weighted by Gasteiger charge is -2.07. The Labute approximate surface area is 89.9 Å². The van der Waals surface area contributed by atoms with Gasteiger partial charge in [-0.25, -0.2) is 0 Å². The van der Waals surface area contributed by atoms with Gasteiger partial charge in [-0.1, -0.05) is 32.9 Å². The summed E-state index contributed by atoms with van der Waals surface area (Å²) in [6.45, 7) is 6.26. The molecule has 0 fully saturated rings. The highest BCUT2D eigenvalue weighted by Gasteiger charge is 2.03. The third kappa shape index (κ3) is 3.18. The van der Waals surface area contributed by atoms with Gasteiger partial charge < -0.3 is 4.79 Å². The van der Waals surface area contributed by atoms with E-state index in [1.165, 1.54) is 4.90 Å². The highest BCUT2D eigenvalue weighted by molar-refractivity contribution is 7.99.